The molecule has 0 unspecified atom stereocenters. The molecule has 3 aromatic rings. The van der Waals surface area contributed by atoms with Gasteiger partial charge in [-0.2, -0.15) is 0 Å². The maximum Gasteiger partial charge on any atom is 0.262 e. The van der Waals surface area contributed by atoms with E-state index in [2.05, 4.69) is 0 Å². The van der Waals surface area contributed by atoms with E-state index in [4.69, 9.17) is 9.72 Å². The number of rotatable bonds is 6. The van der Waals surface area contributed by atoms with Gasteiger partial charge >= 0.3 is 0 Å². The molecule has 6 nitrogen and oxygen atoms in total. The Balaban J connectivity index is 1.63. The summed E-state index contributed by atoms with van der Waals surface area (Å²) in [5.74, 6) is 1.16. The number of methoxy groups -OCH3 is 1. The number of benzene rings is 2. The Morgan fingerprint density at radius 2 is 1.80 bits per heavy atom. The first kappa shape index (κ1) is 20.5. The predicted octanol–water partition coefficient (Wildman–Crippen LogP) is 3.56. The van der Waals surface area contributed by atoms with E-state index >= 15 is 0 Å². The van der Waals surface area contributed by atoms with Crippen LogP contribution >= 0.6 is 11.8 Å². The van der Waals surface area contributed by atoms with E-state index < -0.39 is 0 Å². The first-order chi connectivity index (χ1) is 14.7. The molecule has 0 aliphatic carbocycles. The van der Waals surface area contributed by atoms with Crippen molar-refractivity contribution >= 4 is 28.6 Å². The number of nitrogens with zero attached hydrogens (tertiary/aromatic N) is 3. The molecule has 1 fully saturated rings. The predicted molar refractivity (Wildman–Crippen MR) is 119 cm³/mol. The minimum absolute atomic E-state index is 0.0932. The Morgan fingerprint density at radius 1 is 1.07 bits per heavy atom. The first-order valence-corrected chi connectivity index (χ1v) is 11.2. The number of hydrogen-bond acceptors (Lipinski definition) is 5. The molecule has 0 saturated carbocycles. The van der Waals surface area contributed by atoms with Crippen molar-refractivity contribution < 1.29 is 9.53 Å². The zero-order valence-electron chi connectivity index (χ0n) is 17.0. The van der Waals surface area contributed by atoms with Crippen molar-refractivity contribution in [3.05, 3.63) is 64.4 Å². The minimum Gasteiger partial charge on any atom is -0.497 e. The Morgan fingerprint density at radius 3 is 2.53 bits per heavy atom. The molecular weight excluding hydrogens is 398 g/mol. The van der Waals surface area contributed by atoms with Crippen LogP contribution in [-0.2, 0) is 11.3 Å². The Hall–Kier alpha value is -2.80. The lowest BCUT2D eigenvalue weighted by Gasteiger charge is -2.26. The number of fused-ring (bicyclic) bond motifs is 1. The molecule has 30 heavy (non-hydrogen) atoms. The molecule has 2 heterocycles. The summed E-state index contributed by atoms with van der Waals surface area (Å²) in [6.45, 7) is 2.04. The van der Waals surface area contributed by atoms with Crippen molar-refractivity contribution in [2.45, 2.75) is 31.0 Å². The van der Waals surface area contributed by atoms with Crippen molar-refractivity contribution in [1.29, 1.82) is 0 Å². The molecule has 2 aromatic carbocycles. The van der Waals surface area contributed by atoms with Gasteiger partial charge in [-0.05, 0) is 49.1 Å². The molecule has 1 saturated heterocycles. The monoisotopic (exact) mass is 423 g/mol. The van der Waals surface area contributed by atoms with Gasteiger partial charge < -0.3 is 9.64 Å². The van der Waals surface area contributed by atoms with Crippen molar-refractivity contribution in [2.75, 3.05) is 26.0 Å². The smallest absolute Gasteiger partial charge is 0.262 e. The number of aromatic nitrogens is 2. The molecular formula is C23H25N3O3S. The number of para-hydroxylation sites is 1. The van der Waals surface area contributed by atoms with E-state index in [9.17, 15) is 9.59 Å². The highest BCUT2D eigenvalue weighted by Gasteiger charge is 2.19. The minimum atomic E-state index is -0.0932. The number of carbonyl (C=O) groups is 1. The van der Waals surface area contributed by atoms with Crippen molar-refractivity contribution in [3.8, 4) is 5.75 Å². The van der Waals surface area contributed by atoms with Gasteiger partial charge in [0.25, 0.3) is 5.56 Å². The average Bonchev–Trinajstić information content (AvgIpc) is 2.80. The fourth-order valence-corrected chi connectivity index (χ4v) is 4.57. The van der Waals surface area contributed by atoms with Gasteiger partial charge in [0, 0.05) is 13.1 Å². The number of hydrogen-bond donors (Lipinski definition) is 0. The number of amides is 1. The molecule has 0 spiro atoms. The van der Waals surface area contributed by atoms with Gasteiger partial charge in [0.05, 0.1) is 30.3 Å². The van der Waals surface area contributed by atoms with E-state index in [1.165, 1.54) is 18.2 Å². The van der Waals surface area contributed by atoms with Crippen LogP contribution in [0.15, 0.2) is 58.5 Å². The number of thioether (sulfide) groups is 1. The molecule has 1 aliphatic rings. The van der Waals surface area contributed by atoms with Crippen LogP contribution in [0.25, 0.3) is 10.9 Å². The van der Waals surface area contributed by atoms with Crippen molar-refractivity contribution in [2.24, 2.45) is 0 Å². The van der Waals surface area contributed by atoms with Crippen LogP contribution in [0.1, 0.15) is 24.8 Å². The standard InChI is InChI=1S/C23H25N3O3S/c1-29-18-11-9-17(10-12-18)15-26-22(28)19-7-3-4-8-20(19)24-23(26)30-16-21(27)25-13-5-2-6-14-25/h3-4,7-12H,2,5-6,13-16H2,1H3. The largest absolute Gasteiger partial charge is 0.497 e. The molecule has 7 heteroatoms. The second-order valence-corrected chi connectivity index (χ2v) is 8.32. The van der Waals surface area contributed by atoms with Gasteiger partial charge in [-0.15, -0.1) is 0 Å². The highest BCUT2D eigenvalue weighted by molar-refractivity contribution is 7.99. The van der Waals surface area contributed by atoms with Gasteiger partial charge in [-0.1, -0.05) is 36.0 Å². The summed E-state index contributed by atoms with van der Waals surface area (Å²) >= 11 is 1.34. The summed E-state index contributed by atoms with van der Waals surface area (Å²) in [6.07, 6.45) is 3.31. The Kier molecular flexibility index (Phi) is 6.38. The van der Waals surface area contributed by atoms with Gasteiger partial charge in [0.1, 0.15) is 5.75 Å². The summed E-state index contributed by atoms with van der Waals surface area (Å²) in [4.78, 5) is 32.5. The van der Waals surface area contributed by atoms with Crippen LogP contribution < -0.4 is 10.3 Å². The fourth-order valence-electron chi connectivity index (χ4n) is 3.67. The van der Waals surface area contributed by atoms with Gasteiger partial charge in [0.2, 0.25) is 5.91 Å². The summed E-state index contributed by atoms with van der Waals surface area (Å²) in [7, 11) is 1.63. The zero-order chi connectivity index (χ0) is 20.9. The second-order valence-electron chi connectivity index (χ2n) is 7.38. The molecule has 1 aromatic heterocycles. The lowest BCUT2D eigenvalue weighted by atomic mass is 10.1. The summed E-state index contributed by atoms with van der Waals surface area (Å²) in [6, 6.07) is 15.0. The topological polar surface area (TPSA) is 64.4 Å². The maximum atomic E-state index is 13.2. The van der Waals surface area contributed by atoms with E-state index in [1.807, 2.05) is 47.4 Å². The van der Waals surface area contributed by atoms with Crippen LogP contribution in [0.5, 0.6) is 5.75 Å². The normalized spacial score (nSPS) is 14.1. The second kappa shape index (κ2) is 9.34. The Bertz CT molecular complexity index is 1090. The number of carbonyl (C=O) groups excluding carboxylic acids is 1. The van der Waals surface area contributed by atoms with Gasteiger partial charge in [-0.25, -0.2) is 4.98 Å². The van der Waals surface area contributed by atoms with E-state index in [1.54, 1.807) is 17.7 Å². The summed E-state index contributed by atoms with van der Waals surface area (Å²) in [5, 5.41) is 1.15. The van der Waals surface area contributed by atoms with Crippen molar-refractivity contribution in [1.82, 2.24) is 14.5 Å². The Labute approximate surface area is 179 Å². The average molecular weight is 424 g/mol. The molecule has 4 rings (SSSR count). The van der Waals surface area contributed by atoms with Crippen LogP contribution in [0.4, 0.5) is 0 Å². The van der Waals surface area contributed by atoms with Crippen LogP contribution in [0.2, 0.25) is 0 Å². The van der Waals surface area contributed by atoms with Crippen LogP contribution in [-0.4, -0.2) is 46.3 Å². The van der Waals surface area contributed by atoms with Crippen molar-refractivity contribution in [3.63, 3.8) is 0 Å². The lowest BCUT2D eigenvalue weighted by molar-refractivity contribution is -0.129. The maximum absolute atomic E-state index is 13.2. The van der Waals surface area contributed by atoms with Gasteiger partial charge in [-0.3, -0.25) is 14.2 Å². The summed E-state index contributed by atoms with van der Waals surface area (Å²) < 4.78 is 6.88. The molecule has 1 amide bonds. The highest BCUT2D eigenvalue weighted by Crippen LogP contribution is 2.21. The number of ether oxygens (including phenoxy) is 1. The molecule has 0 N–H and O–H groups in total. The van der Waals surface area contributed by atoms with E-state index in [-0.39, 0.29) is 17.2 Å². The van der Waals surface area contributed by atoms with E-state index in [0.29, 0.717) is 22.6 Å². The molecule has 0 atom stereocenters. The molecule has 156 valence electrons. The number of likely N-dealkylation sites (tertiary alicyclic amines) is 1. The van der Waals surface area contributed by atoms with Crippen LogP contribution in [0, 0.1) is 0 Å². The quantitative estimate of drug-likeness (QED) is 0.448. The lowest BCUT2D eigenvalue weighted by Crippen LogP contribution is -2.37. The van der Waals surface area contributed by atoms with Crippen LogP contribution in [0.3, 0.4) is 0 Å². The fraction of sp³-hybridized carbons (Fsp3) is 0.348. The summed E-state index contributed by atoms with van der Waals surface area (Å²) in [5.41, 5.74) is 1.53. The third-order valence-electron chi connectivity index (χ3n) is 5.36. The zero-order valence-corrected chi connectivity index (χ0v) is 17.9. The SMILES string of the molecule is COc1ccc(Cn2c(SCC(=O)N3CCCCC3)nc3ccccc3c2=O)cc1. The third kappa shape index (κ3) is 4.51. The molecule has 0 bridgehead atoms. The third-order valence-corrected chi connectivity index (χ3v) is 6.32. The molecule has 0 radical (unpaired) electrons. The van der Waals surface area contributed by atoms with E-state index in [0.717, 1.165) is 37.2 Å². The highest BCUT2D eigenvalue weighted by atomic mass is 32.2. The first-order valence-electron chi connectivity index (χ1n) is 10.2. The number of piperidine rings is 1. The van der Waals surface area contributed by atoms with Gasteiger partial charge in [0.15, 0.2) is 5.16 Å². The molecule has 1 aliphatic heterocycles.